The number of nitrogens with zero attached hydrogens (tertiary/aromatic N) is 5. The molecule has 1 aromatic carbocycles. The number of nitrogens with one attached hydrogen (secondary N) is 1. The number of ether oxygens (including phenoxy) is 2. The minimum Gasteiger partial charge on any atom is -0.473 e. The molecular formula is C31H44N6O5. The second-order valence-electron chi connectivity index (χ2n) is 11.4. The van der Waals surface area contributed by atoms with Gasteiger partial charge in [-0.3, -0.25) is 9.59 Å². The molecule has 11 nitrogen and oxygen atoms in total. The molecule has 0 bridgehead atoms. The van der Waals surface area contributed by atoms with Crippen molar-refractivity contribution in [3.8, 4) is 5.88 Å². The fraction of sp³-hybridized carbons (Fsp3) is 0.581. The Kier molecular flexibility index (Phi) is 10.7. The van der Waals surface area contributed by atoms with Crippen molar-refractivity contribution in [1.29, 1.82) is 0 Å². The van der Waals surface area contributed by atoms with Crippen LogP contribution in [0.2, 0.25) is 0 Å². The molecular weight excluding hydrogens is 536 g/mol. The average Bonchev–Trinajstić information content (AvgIpc) is 2.99. The van der Waals surface area contributed by atoms with E-state index in [4.69, 9.17) is 9.47 Å². The molecule has 0 unspecified atom stereocenters. The van der Waals surface area contributed by atoms with Crippen molar-refractivity contribution < 1.29 is 23.9 Å². The van der Waals surface area contributed by atoms with Crippen LogP contribution < -0.4 is 15.0 Å². The zero-order chi connectivity index (χ0) is 30.1. The molecule has 42 heavy (non-hydrogen) atoms. The van der Waals surface area contributed by atoms with Crippen LogP contribution in [0, 0.1) is 0 Å². The lowest BCUT2D eigenvalue weighted by Crippen LogP contribution is -2.53. The van der Waals surface area contributed by atoms with Crippen LogP contribution in [0.1, 0.15) is 64.0 Å². The Labute approximate surface area is 248 Å². The van der Waals surface area contributed by atoms with Gasteiger partial charge in [-0.15, -0.1) is 0 Å². The van der Waals surface area contributed by atoms with E-state index in [-0.39, 0.29) is 12.6 Å². The van der Waals surface area contributed by atoms with Gasteiger partial charge in [-0.1, -0.05) is 50.1 Å². The second kappa shape index (κ2) is 14.4. The standard InChI is InChI=1S/C31H44N6O5/c1-5-6-13-25(27(38)28(39)33-23(2)24-11-8-7-9-12-24)36(4)30(40)42-31(15-10-16-31)22-41-26-14-17-32-29(34-26)37-20-18-35(3)19-21-37/h7-9,11-12,14,17,23,25H,5-6,10,13,15-16,18-22H2,1-4H3,(H,33,39)/t23-,25+/m1/s1. The molecule has 0 radical (unpaired) electrons. The fourth-order valence-corrected chi connectivity index (χ4v) is 5.15. The summed E-state index contributed by atoms with van der Waals surface area (Å²) >= 11 is 0. The lowest BCUT2D eigenvalue weighted by atomic mass is 9.80. The number of carbonyl (C=O) groups is 3. The molecule has 2 atom stereocenters. The van der Waals surface area contributed by atoms with Crippen molar-refractivity contribution in [2.75, 3.05) is 51.8 Å². The number of ketones is 1. The molecule has 11 heteroatoms. The molecule has 2 amide bonds. The van der Waals surface area contributed by atoms with Crippen molar-refractivity contribution in [2.45, 2.75) is 70.1 Å². The smallest absolute Gasteiger partial charge is 0.410 e. The number of anilines is 1. The average molecular weight is 581 g/mol. The van der Waals surface area contributed by atoms with Crippen molar-refractivity contribution in [2.24, 2.45) is 0 Å². The molecule has 1 aliphatic carbocycles. The molecule has 1 aromatic heterocycles. The highest BCUT2D eigenvalue weighted by molar-refractivity contribution is 6.38. The summed E-state index contributed by atoms with van der Waals surface area (Å²) in [4.78, 5) is 54.2. The van der Waals surface area contributed by atoms with E-state index in [1.54, 1.807) is 12.3 Å². The fourth-order valence-electron chi connectivity index (χ4n) is 5.15. The van der Waals surface area contributed by atoms with Crippen LogP contribution in [0.15, 0.2) is 42.6 Å². The quantitative estimate of drug-likeness (QED) is 0.355. The highest BCUT2D eigenvalue weighted by Crippen LogP contribution is 2.37. The van der Waals surface area contributed by atoms with E-state index in [1.807, 2.05) is 44.2 Å². The number of Topliss-reactive ketones (excluding diaryl/α,β-unsaturated/α-hetero) is 1. The van der Waals surface area contributed by atoms with Gasteiger partial charge in [0.25, 0.3) is 5.91 Å². The van der Waals surface area contributed by atoms with Crippen molar-refractivity contribution in [1.82, 2.24) is 25.1 Å². The van der Waals surface area contributed by atoms with Gasteiger partial charge in [-0.2, -0.15) is 4.98 Å². The van der Waals surface area contributed by atoms with Gasteiger partial charge in [0.15, 0.2) is 0 Å². The lowest BCUT2D eigenvalue weighted by molar-refractivity contribution is -0.141. The molecule has 0 spiro atoms. The number of benzene rings is 1. The topological polar surface area (TPSA) is 117 Å². The highest BCUT2D eigenvalue weighted by atomic mass is 16.6. The molecule has 1 saturated carbocycles. The van der Waals surface area contributed by atoms with Crippen LogP contribution in [0.5, 0.6) is 5.88 Å². The summed E-state index contributed by atoms with van der Waals surface area (Å²) in [6, 6.07) is 9.87. The number of unbranched alkanes of at least 4 members (excludes halogenated alkanes) is 1. The third-order valence-corrected chi connectivity index (χ3v) is 8.22. The Bertz CT molecular complexity index is 1200. The summed E-state index contributed by atoms with van der Waals surface area (Å²) in [5.41, 5.74) is 0.0787. The largest absolute Gasteiger partial charge is 0.473 e. The van der Waals surface area contributed by atoms with Gasteiger partial charge in [0.1, 0.15) is 18.2 Å². The number of piperazine rings is 1. The number of amides is 2. The first-order valence-electron chi connectivity index (χ1n) is 15.0. The van der Waals surface area contributed by atoms with Gasteiger partial charge in [-0.05, 0) is 45.2 Å². The normalized spacial score (nSPS) is 17.9. The number of rotatable bonds is 13. The maximum atomic E-state index is 13.4. The molecule has 2 heterocycles. The predicted molar refractivity (Wildman–Crippen MR) is 159 cm³/mol. The summed E-state index contributed by atoms with van der Waals surface area (Å²) in [6.45, 7) is 7.54. The molecule has 1 saturated heterocycles. The van der Waals surface area contributed by atoms with E-state index >= 15 is 0 Å². The monoisotopic (exact) mass is 580 g/mol. The molecule has 2 aliphatic rings. The van der Waals surface area contributed by atoms with Gasteiger partial charge in [0.05, 0.1) is 6.04 Å². The Morgan fingerprint density at radius 2 is 1.81 bits per heavy atom. The lowest BCUT2D eigenvalue weighted by Gasteiger charge is -2.41. The van der Waals surface area contributed by atoms with E-state index in [0.717, 1.165) is 44.6 Å². The van der Waals surface area contributed by atoms with E-state index in [9.17, 15) is 14.4 Å². The summed E-state index contributed by atoms with van der Waals surface area (Å²) in [5, 5.41) is 2.78. The maximum absolute atomic E-state index is 13.4. The van der Waals surface area contributed by atoms with Crippen molar-refractivity contribution in [3.63, 3.8) is 0 Å². The zero-order valence-electron chi connectivity index (χ0n) is 25.3. The molecule has 1 N–H and O–H groups in total. The van der Waals surface area contributed by atoms with E-state index < -0.39 is 29.4 Å². The maximum Gasteiger partial charge on any atom is 0.410 e. The second-order valence-corrected chi connectivity index (χ2v) is 11.4. The number of hydrogen-bond acceptors (Lipinski definition) is 9. The van der Waals surface area contributed by atoms with E-state index in [0.29, 0.717) is 37.5 Å². The number of hydrogen-bond donors (Lipinski definition) is 1. The first kappa shape index (κ1) is 31.2. The Balaban J connectivity index is 1.36. The van der Waals surface area contributed by atoms with Crippen LogP contribution in [0.3, 0.4) is 0 Å². The van der Waals surface area contributed by atoms with Gasteiger partial charge >= 0.3 is 6.09 Å². The van der Waals surface area contributed by atoms with Gasteiger partial charge < -0.3 is 29.5 Å². The number of carbonyl (C=O) groups excluding carboxylic acids is 3. The first-order chi connectivity index (χ1) is 20.2. The number of aromatic nitrogens is 2. The summed E-state index contributed by atoms with van der Waals surface area (Å²) in [6.07, 6.45) is 5.10. The Morgan fingerprint density at radius 1 is 1.10 bits per heavy atom. The minimum absolute atomic E-state index is 0.147. The highest BCUT2D eigenvalue weighted by Gasteiger charge is 2.44. The van der Waals surface area contributed by atoms with Crippen LogP contribution >= 0.6 is 0 Å². The first-order valence-corrected chi connectivity index (χ1v) is 15.0. The molecule has 4 rings (SSSR count). The summed E-state index contributed by atoms with van der Waals surface area (Å²) < 4.78 is 12.0. The molecule has 1 aliphatic heterocycles. The van der Waals surface area contributed by atoms with Crippen molar-refractivity contribution >= 4 is 23.7 Å². The van der Waals surface area contributed by atoms with E-state index in [2.05, 4.69) is 32.1 Å². The minimum atomic E-state index is -0.925. The molecule has 2 fully saturated rings. The van der Waals surface area contributed by atoms with Gasteiger partial charge in [0.2, 0.25) is 17.6 Å². The number of likely N-dealkylation sites (N-methyl/N-ethyl adjacent to an activating group) is 2. The van der Waals surface area contributed by atoms with Gasteiger partial charge in [-0.25, -0.2) is 9.78 Å². The van der Waals surface area contributed by atoms with E-state index in [1.165, 1.54) is 11.9 Å². The van der Waals surface area contributed by atoms with Crippen LogP contribution in [0.4, 0.5) is 10.7 Å². The van der Waals surface area contributed by atoms with Crippen LogP contribution in [-0.2, 0) is 14.3 Å². The summed E-state index contributed by atoms with van der Waals surface area (Å²) in [5.74, 6) is -0.317. The SMILES string of the molecule is CCCC[C@@H](C(=O)C(=O)N[C@H](C)c1ccccc1)N(C)C(=O)OC1(COc2ccnc(N3CCN(C)CC3)n2)CCC1. The van der Waals surface area contributed by atoms with Crippen molar-refractivity contribution in [3.05, 3.63) is 48.2 Å². The Hall–Kier alpha value is -3.73. The third kappa shape index (κ3) is 7.96. The Morgan fingerprint density at radius 3 is 2.45 bits per heavy atom. The summed E-state index contributed by atoms with van der Waals surface area (Å²) in [7, 11) is 3.62. The van der Waals surface area contributed by atoms with Crippen LogP contribution in [-0.4, -0.2) is 96.1 Å². The molecule has 2 aromatic rings. The van der Waals surface area contributed by atoms with Gasteiger partial charge in [0, 0.05) is 45.5 Å². The zero-order valence-corrected chi connectivity index (χ0v) is 25.3. The predicted octanol–water partition coefficient (Wildman–Crippen LogP) is 3.60. The molecule has 228 valence electrons. The van der Waals surface area contributed by atoms with Crippen LogP contribution in [0.25, 0.3) is 0 Å². The third-order valence-electron chi connectivity index (χ3n) is 8.22.